The number of thiocarbonyl (C=S) groups is 1. The fraction of sp³-hybridized carbons (Fsp3) is 0.190. The molecule has 0 bridgehead atoms. The van der Waals surface area contributed by atoms with Gasteiger partial charge >= 0.3 is 0 Å². The SMILES string of the molecule is C[C@H](C(=O)NCCc1ccc(O)c(O)c1)N1C(=O)/C(=C\c2cccc(F)c2)SC1=S. The minimum absolute atomic E-state index is 0.211. The summed E-state index contributed by atoms with van der Waals surface area (Å²) >= 11 is 6.34. The minimum atomic E-state index is -0.816. The van der Waals surface area contributed by atoms with Crippen molar-refractivity contribution in [2.24, 2.45) is 0 Å². The Morgan fingerprint density at radius 2 is 2.03 bits per heavy atom. The van der Waals surface area contributed by atoms with Gasteiger partial charge in [-0.15, -0.1) is 0 Å². The third-order valence-electron chi connectivity index (χ3n) is 4.49. The molecule has 3 N–H and O–H groups in total. The molecule has 3 rings (SSSR count). The van der Waals surface area contributed by atoms with Gasteiger partial charge in [0, 0.05) is 6.54 Å². The lowest BCUT2D eigenvalue weighted by molar-refractivity contribution is -0.132. The Morgan fingerprint density at radius 3 is 2.73 bits per heavy atom. The first-order valence-electron chi connectivity index (χ1n) is 9.07. The fourth-order valence-corrected chi connectivity index (χ4v) is 4.30. The van der Waals surface area contributed by atoms with Gasteiger partial charge < -0.3 is 15.5 Å². The molecule has 2 aromatic carbocycles. The zero-order chi connectivity index (χ0) is 21.8. The summed E-state index contributed by atoms with van der Waals surface area (Å²) in [7, 11) is 0. The van der Waals surface area contributed by atoms with E-state index in [1.807, 2.05) is 0 Å². The first-order valence-corrected chi connectivity index (χ1v) is 10.3. The molecule has 2 amide bonds. The molecular formula is C21H19FN2O4S2. The third-order valence-corrected chi connectivity index (χ3v) is 5.82. The largest absolute Gasteiger partial charge is 0.504 e. The van der Waals surface area contributed by atoms with Crippen LogP contribution in [0.3, 0.4) is 0 Å². The third kappa shape index (κ3) is 4.98. The molecule has 1 fully saturated rings. The number of nitrogens with zero attached hydrogens (tertiary/aromatic N) is 1. The Hall–Kier alpha value is -2.91. The molecule has 0 saturated carbocycles. The van der Waals surface area contributed by atoms with Crippen LogP contribution in [0.4, 0.5) is 4.39 Å². The van der Waals surface area contributed by atoms with Crippen LogP contribution in [0, 0.1) is 5.82 Å². The highest BCUT2D eigenvalue weighted by atomic mass is 32.2. The lowest BCUT2D eigenvalue weighted by atomic mass is 10.1. The predicted octanol–water partition coefficient (Wildman–Crippen LogP) is 3.19. The Kier molecular flexibility index (Phi) is 6.73. The van der Waals surface area contributed by atoms with E-state index in [-0.39, 0.29) is 28.3 Å². The number of phenols is 2. The van der Waals surface area contributed by atoms with E-state index >= 15 is 0 Å². The van der Waals surface area contributed by atoms with Gasteiger partial charge in [0.1, 0.15) is 16.2 Å². The van der Waals surface area contributed by atoms with E-state index < -0.39 is 17.8 Å². The van der Waals surface area contributed by atoms with Gasteiger partial charge in [-0.25, -0.2) is 4.39 Å². The van der Waals surface area contributed by atoms with Gasteiger partial charge in [0.15, 0.2) is 11.5 Å². The van der Waals surface area contributed by atoms with E-state index in [9.17, 15) is 24.2 Å². The minimum Gasteiger partial charge on any atom is -0.504 e. The highest BCUT2D eigenvalue weighted by molar-refractivity contribution is 8.26. The monoisotopic (exact) mass is 446 g/mol. The van der Waals surface area contributed by atoms with Crippen molar-refractivity contribution in [3.05, 3.63) is 64.3 Å². The fourth-order valence-electron chi connectivity index (χ4n) is 2.88. The topological polar surface area (TPSA) is 89.9 Å². The van der Waals surface area contributed by atoms with Crippen molar-refractivity contribution in [1.29, 1.82) is 0 Å². The summed E-state index contributed by atoms with van der Waals surface area (Å²) in [5.41, 5.74) is 1.27. The van der Waals surface area contributed by atoms with Gasteiger partial charge in [0.25, 0.3) is 5.91 Å². The maximum atomic E-state index is 13.4. The second kappa shape index (κ2) is 9.27. The first-order chi connectivity index (χ1) is 14.3. The van der Waals surface area contributed by atoms with Gasteiger partial charge in [-0.2, -0.15) is 0 Å². The smallest absolute Gasteiger partial charge is 0.266 e. The van der Waals surface area contributed by atoms with Crippen molar-refractivity contribution in [2.75, 3.05) is 6.54 Å². The van der Waals surface area contributed by atoms with Crippen LogP contribution in [-0.2, 0) is 16.0 Å². The molecule has 1 atom stereocenters. The maximum absolute atomic E-state index is 13.4. The van der Waals surface area contributed by atoms with Crippen LogP contribution in [0.25, 0.3) is 6.08 Å². The van der Waals surface area contributed by atoms with E-state index in [2.05, 4.69) is 5.32 Å². The molecule has 1 aliphatic rings. The average Bonchev–Trinajstić information content (AvgIpc) is 2.97. The van der Waals surface area contributed by atoms with Gasteiger partial charge in [-0.05, 0) is 54.8 Å². The van der Waals surface area contributed by atoms with E-state index in [1.165, 1.54) is 29.2 Å². The van der Waals surface area contributed by atoms with Crippen molar-refractivity contribution in [3.63, 3.8) is 0 Å². The molecule has 1 saturated heterocycles. The van der Waals surface area contributed by atoms with Crippen LogP contribution >= 0.6 is 24.0 Å². The molecule has 0 unspecified atom stereocenters. The molecule has 0 radical (unpaired) electrons. The average molecular weight is 447 g/mol. The lowest BCUT2D eigenvalue weighted by Crippen LogP contribution is -2.47. The lowest BCUT2D eigenvalue weighted by Gasteiger charge is -2.22. The van der Waals surface area contributed by atoms with Gasteiger partial charge in [-0.3, -0.25) is 14.5 Å². The summed E-state index contributed by atoms with van der Waals surface area (Å²) in [6.07, 6.45) is 1.98. The molecule has 156 valence electrons. The van der Waals surface area contributed by atoms with Crippen LogP contribution in [0.1, 0.15) is 18.1 Å². The highest BCUT2D eigenvalue weighted by Gasteiger charge is 2.38. The maximum Gasteiger partial charge on any atom is 0.266 e. The van der Waals surface area contributed by atoms with Crippen LogP contribution in [0.2, 0.25) is 0 Å². The number of hydrogen-bond acceptors (Lipinski definition) is 6. The molecular weight excluding hydrogens is 427 g/mol. The molecule has 6 nitrogen and oxygen atoms in total. The van der Waals surface area contributed by atoms with Gasteiger partial charge in [0.05, 0.1) is 4.91 Å². The van der Waals surface area contributed by atoms with Crippen LogP contribution in [-0.4, -0.2) is 43.8 Å². The number of carbonyl (C=O) groups excluding carboxylic acids is 2. The number of thioether (sulfide) groups is 1. The van der Waals surface area contributed by atoms with Crippen molar-refractivity contribution in [3.8, 4) is 11.5 Å². The summed E-state index contributed by atoms with van der Waals surface area (Å²) in [5, 5.41) is 21.6. The van der Waals surface area contributed by atoms with Crippen LogP contribution < -0.4 is 5.32 Å². The molecule has 0 spiro atoms. The number of halogens is 1. The van der Waals surface area contributed by atoms with Crippen molar-refractivity contribution in [2.45, 2.75) is 19.4 Å². The Morgan fingerprint density at radius 1 is 1.27 bits per heavy atom. The zero-order valence-electron chi connectivity index (χ0n) is 16.0. The molecule has 0 aliphatic carbocycles. The zero-order valence-corrected chi connectivity index (χ0v) is 17.6. The molecule has 1 heterocycles. The molecule has 0 aromatic heterocycles. The Bertz CT molecular complexity index is 1040. The summed E-state index contributed by atoms with van der Waals surface area (Å²) in [5.74, 6) is -1.62. The summed E-state index contributed by atoms with van der Waals surface area (Å²) < 4.78 is 13.6. The summed E-state index contributed by atoms with van der Waals surface area (Å²) in [6, 6.07) is 9.47. The summed E-state index contributed by atoms with van der Waals surface area (Å²) in [4.78, 5) is 26.8. The highest BCUT2D eigenvalue weighted by Crippen LogP contribution is 2.34. The number of hydrogen-bond donors (Lipinski definition) is 3. The van der Waals surface area contributed by atoms with Gasteiger partial charge in [0.2, 0.25) is 5.91 Å². The van der Waals surface area contributed by atoms with Gasteiger partial charge in [-0.1, -0.05) is 42.2 Å². The van der Waals surface area contributed by atoms with Crippen molar-refractivity contribution in [1.82, 2.24) is 10.2 Å². The predicted molar refractivity (Wildman–Crippen MR) is 117 cm³/mol. The van der Waals surface area contributed by atoms with E-state index in [1.54, 1.807) is 31.2 Å². The quantitative estimate of drug-likeness (QED) is 0.359. The summed E-state index contributed by atoms with van der Waals surface area (Å²) in [6.45, 7) is 1.86. The Labute approximate surface area is 182 Å². The second-order valence-electron chi connectivity index (χ2n) is 6.65. The number of aromatic hydroxyl groups is 2. The number of carbonyl (C=O) groups is 2. The normalized spacial score (nSPS) is 16.2. The number of amides is 2. The molecule has 1 aliphatic heterocycles. The first kappa shape index (κ1) is 21.8. The number of benzene rings is 2. The number of phenolic OH excluding ortho intramolecular Hbond substituents is 2. The number of nitrogens with one attached hydrogen (secondary N) is 1. The standard InChI is InChI=1S/C21H19FN2O4S2/c1-12(19(27)23-8-7-13-5-6-16(25)17(26)10-13)24-20(28)18(30-21(24)29)11-14-3-2-4-15(22)9-14/h2-6,9-12,25-26H,7-8H2,1H3,(H,23,27)/b18-11+/t12-/m1/s1. The van der Waals surface area contributed by atoms with Crippen molar-refractivity contribution >= 4 is 46.2 Å². The Balaban J connectivity index is 1.61. The number of rotatable bonds is 6. The second-order valence-corrected chi connectivity index (χ2v) is 8.32. The van der Waals surface area contributed by atoms with E-state index in [4.69, 9.17) is 12.2 Å². The molecule has 30 heavy (non-hydrogen) atoms. The van der Waals surface area contributed by atoms with Crippen LogP contribution in [0.15, 0.2) is 47.4 Å². The van der Waals surface area contributed by atoms with Crippen LogP contribution in [0.5, 0.6) is 11.5 Å². The molecule has 9 heteroatoms. The van der Waals surface area contributed by atoms with E-state index in [0.29, 0.717) is 16.9 Å². The molecule has 2 aromatic rings. The van der Waals surface area contributed by atoms with Crippen molar-refractivity contribution < 1.29 is 24.2 Å². The van der Waals surface area contributed by atoms with E-state index in [0.717, 1.165) is 17.3 Å².